The number of anilines is 1. The molecule has 10 heteroatoms. The van der Waals surface area contributed by atoms with Crippen molar-refractivity contribution in [2.45, 2.75) is 45.3 Å². The summed E-state index contributed by atoms with van der Waals surface area (Å²) in [6.07, 6.45) is -3.81. The van der Waals surface area contributed by atoms with E-state index in [0.717, 1.165) is 24.0 Å². The minimum Gasteiger partial charge on any atom is -0.491 e. The van der Waals surface area contributed by atoms with Gasteiger partial charge in [-0.1, -0.05) is 45.0 Å². The highest BCUT2D eigenvalue weighted by Crippen LogP contribution is 2.33. The molecule has 2 rings (SSSR count). The van der Waals surface area contributed by atoms with Crippen LogP contribution in [0.15, 0.2) is 48.5 Å². The minimum absolute atomic E-state index is 0.0852. The second-order valence-electron chi connectivity index (χ2n) is 8.67. The number of benzene rings is 2. The van der Waals surface area contributed by atoms with E-state index in [0.29, 0.717) is 16.1 Å². The van der Waals surface area contributed by atoms with Crippen molar-refractivity contribution in [3.05, 3.63) is 59.7 Å². The quantitative estimate of drug-likeness (QED) is 0.563. The molecule has 0 saturated heterocycles. The van der Waals surface area contributed by atoms with Gasteiger partial charge in [0.2, 0.25) is 15.9 Å². The molecule has 1 atom stereocenters. The van der Waals surface area contributed by atoms with Gasteiger partial charge in [-0.25, -0.2) is 8.42 Å². The first-order chi connectivity index (χ1) is 15.1. The van der Waals surface area contributed by atoms with Crippen LogP contribution >= 0.6 is 0 Å². The molecular formula is C23H29F3N2O4S. The molecule has 0 aliphatic rings. The highest BCUT2D eigenvalue weighted by Gasteiger charge is 2.34. The maximum absolute atomic E-state index is 13.1. The van der Waals surface area contributed by atoms with E-state index in [1.54, 1.807) is 0 Å². The molecule has 182 valence electrons. The van der Waals surface area contributed by atoms with Crippen LogP contribution in [0.5, 0.6) is 5.75 Å². The fraction of sp³-hybridized carbons (Fsp3) is 0.435. The summed E-state index contributed by atoms with van der Waals surface area (Å²) in [4.78, 5) is 12.6. The summed E-state index contributed by atoms with van der Waals surface area (Å²) in [6.45, 7) is 7.67. The lowest BCUT2D eigenvalue weighted by Crippen LogP contribution is -2.48. The van der Waals surface area contributed by atoms with Gasteiger partial charge >= 0.3 is 6.18 Å². The smallest absolute Gasteiger partial charge is 0.416 e. The fourth-order valence-corrected chi connectivity index (χ4v) is 4.49. The van der Waals surface area contributed by atoms with Crippen molar-refractivity contribution >= 4 is 21.6 Å². The van der Waals surface area contributed by atoms with Gasteiger partial charge in [0, 0.05) is 0 Å². The van der Waals surface area contributed by atoms with Crippen molar-refractivity contribution in [2.75, 3.05) is 23.7 Å². The molecule has 6 nitrogen and oxygen atoms in total. The Kier molecular flexibility index (Phi) is 8.05. The molecule has 1 N–H and O–H groups in total. The molecule has 0 spiro atoms. The summed E-state index contributed by atoms with van der Waals surface area (Å²) in [6, 6.07) is 10.1. The Labute approximate surface area is 192 Å². The molecule has 0 saturated carbocycles. The van der Waals surface area contributed by atoms with Gasteiger partial charge in [-0.2, -0.15) is 13.2 Å². The second-order valence-corrected chi connectivity index (χ2v) is 10.5. The van der Waals surface area contributed by atoms with Gasteiger partial charge in [0.05, 0.1) is 24.1 Å². The summed E-state index contributed by atoms with van der Waals surface area (Å²) in [5.41, 5.74) is -0.398. The number of rotatable bonds is 8. The van der Waals surface area contributed by atoms with Crippen LogP contribution in [-0.2, 0) is 26.4 Å². The average Bonchev–Trinajstić information content (AvgIpc) is 2.69. The Bertz CT molecular complexity index is 1080. The highest BCUT2D eigenvalue weighted by atomic mass is 32.2. The van der Waals surface area contributed by atoms with Crippen molar-refractivity contribution in [1.82, 2.24) is 5.32 Å². The molecule has 1 unspecified atom stereocenters. The van der Waals surface area contributed by atoms with Crippen molar-refractivity contribution in [2.24, 2.45) is 0 Å². The Morgan fingerprint density at radius 3 is 2.30 bits per heavy atom. The molecule has 0 aromatic heterocycles. The van der Waals surface area contributed by atoms with Crippen LogP contribution in [0.2, 0.25) is 0 Å². The molecule has 2 aromatic rings. The zero-order valence-corrected chi connectivity index (χ0v) is 20.0. The van der Waals surface area contributed by atoms with Crippen molar-refractivity contribution in [1.29, 1.82) is 0 Å². The van der Waals surface area contributed by atoms with Crippen molar-refractivity contribution in [3.63, 3.8) is 0 Å². The van der Waals surface area contributed by atoms with Gasteiger partial charge in [0.1, 0.15) is 18.4 Å². The van der Waals surface area contributed by atoms with Crippen LogP contribution in [0.4, 0.5) is 18.9 Å². The van der Waals surface area contributed by atoms with Gasteiger partial charge in [-0.15, -0.1) is 0 Å². The SMILES string of the molecule is CC(C(=O)NCCOc1ccccc1C(C)(C)C)N(c1cccc(C(F)(F)F)c1)S(C)(=O)=O. The maximum Gasteiger partial charge on any atom is 0.416 e. The number of carbonyl (C=O) groups is 1. The fourth-order valence-electron chi connectivity index (χ4n) is 3.32. The summed E-state index contributed by atoms with van der Waals surface area (Å²) in [5, 5.41) is 2.59. The first-order valence-corrected chi connectivity index (χ1v) is 12.1. The summed E-state index contributed by atoms with van der Waals surface area (Å²) in [5.74, 6) is 0.0135. The molecule has 1 amide bonds. The largest absolute Gasteiger partial charge is 0.491 e. The predicted octanol–water partition coefficient (Wildman–Crippen LogP) is 4.35. The van der Waals surface area contributed by atoms with Gasteiger partial charge < -0.3 is 10.1 Å². The highest BCUT2D eigenvalue weighted by molar-refractivity contribution is 7.92. The lowest BCUT2D eigenvalue weighted by Gasteiger charge is -2.28. The average molecular weight is 487 g/mol. The molecule has 0 aliphatic carbocycles. The lowest BCUT2D eigenvalue weighted by molar-refractivity contribution is -0.137. The molecule has 2 aromatic carbocycles. The van der Waals surface area contributed by atoms with Gasteiger partial charge in [-0.3, -0.25) is 9.10 Å². The standard InChI is InChI=1S/C23H29F3N2O4S/c1-16(28(33(5,30)31)18-10-8-9-17(15-18)23(24,25)26)21(29)27-13-14-32-20-12-7-6-11-19(20)22(2,3)4/h6-12,15-16H,13-14H2,1-5H3,(H,27,29). The maximum atomic E-state index is 13.1. The molecule has 0 aliphatic heterocycles. The molecule has 0 bridgehead atoms. The monoisotopic (exact) mass is 486 g/mol. The van der Waals surface area contributed by atoms with Crippen LogP contribution in [0.1, 0.15) is 38.8 Å². The molecule has 0 fully saturated rings. The third-order valence-electron chi connectivity index (χ3n) is 4.87. The topological polar surface area (TPSA) is 75.7 Å². The molecular weight excluding hydrogens is 457 g/mol. The molecule has 33 heavy (non-hydrogen) atoms. The number of sulfonamides is 1. The third kappa shape index (κ3) is 7.12. The van der Waals surface area contributed by atoms with E-state index in [-0.39, 0.29) is 24.3 Å². The number of carbonyl (C=O) groups excluding carboxylic acids is 1. The summed E-state index contributed by atoms with van der Waals surface area (Å²) in [7, 11) is -4.05. The van der Waals surface area contributed by atoms with E-state index >= 15 is 0 Å². The normalized spacial score (nSPS) is 13.3. The third-order valence-corrected chi connectivity index (χ3v) is 6.11. The number of para-hydroxylation sites is 1. The zero-order chi connectivity index (χ0) is 25.0. The van der Waals surface area contributed by atoms with Crippen LogP contribution in [-0.4, -0.2) is 39.8 Å². The number of hydrogen-bond donors (Lipinski definition) is 1. The molecule has 0 heterocycles. The number of alkyl halides is 3. The van der Waals surface area contributed by atoms with Crippen LogP contribution in [0.25, 0.3) is 0 Å². The van der Waals surface area contributed by atoms with E-state index < -0.39 is 33.7 Å². The number of halogens is 3. The van der Waals surface area contributed by atoms with Crippen LogP contribution < -0.4 is 14.4 Å². The minimum atomic E-state index is -4.65. The zero-order valence-electron chi connectivity index (χ0n) is 19.2. The Morgan fingerprint density at radius 1 is 1.09 bits per heavy atom. The van der Waals surface area contributed by atoms with E-state index in [1.165, 1.54) is 13.0 Å². The van der Waals surface area contributed by atoms with Crippen LogP contribution in [0.3, 0.4) is 0 Å². The predicted molar refractivity (Wildman–Crippen MR) is 122 cm³/mol. The van der Waals surface area contributed by atoms with E-state index in [2.05, 4.69) is 5.32 Å². The first kappa shape index (κ1) is 26.5. The Balaban J connectivity index is 2.10. The summed E-state index contributed by atoms with van der Waals surface area (Å²) < 4.78 is 70.3. The van der Waals surface area contributed by atoms with Gasteiger partial charge in [0.15, 0.2) is 0 Å². The van der Waals surface area contributed by atoms with Crippen LogP contribution in [0, 0.1) is 0 Å². The molecule has 0 radical (unpaired) electrons. The van der Waals surface area contributed by atoms with E-state index in [1.807, 2.05) is 45.0 Å². The number of ether oxygens (including phenoxy) is 1. The number of amides is 1. The van der Waals surface area contributed by atoms with Crippen molar-refractivity contribution in [3.8, 4) is 5.75 Å². The Hall–Kier alpha value is -2.75. The first-order valence-electron chi connectivity index (χ1n) is 10.3. The van der Waals surface area contributed by atoms with Gasteiger partial charge in [0.25, 0.3) is 0 Å². The number of nitrogens with one attached hydrogen (secondary N) is 1. The van der Waals surface area contributed by atoms with Gasteiger partial charge in [-0.05, 0) is 42.2 Å². The summed E-state index contributed by atoms with van der Waals surface area (Å²) >= 11 is 0. The lowest BCUT2D eigenvalue weighted by atomic mass is 9.86. The van der Waals surface area contributed by atoms with E-state index in [4.69, 9.17) is 4.74 Å². The number of nitrogens with zero attached hydrogens (tertiary/aromatic N) is 1. The Morgan fingerprint density at radius 2 is 1.73 bits per heavy atom. The van der Waals surface area contributed by atoms with E-state index in [9.17, 15) is 26.4 Å². The second kappa shape index (κ2) is 10.0. The van der Waals surface area contributed by atoms with Crippen molar-refractivity contribution < 1.29 is 31.1 Å². The number of hydrogen-bond acceptors (Lipinski definition) is 4.